The zero-order valence-corrected chi connectivity index (χ0v) is 16.2. The lowest BCUT2D eigenvalue weighted by Gasteiger charge is -2.22. The van der Waals surface area contributed by atoms with Gasteiger partial charge in [-0.1, -0.05) is 31.4 Å². The highest BCUT2D eigenvalue weighted by molar-refractivity contribution is 6.35. The molecule has 1 saturated carbocycles. The van der Waals surface area contributed by atoms with Gasteiger partial charge in [0.1, 0.15) is 0 Å². The van der Waals surface area contributed by atoms with E-state index < -0.39 is 0 Å². The molecular formula is C23H24N2O3. The molecule has 1 heterocycles. The van der Waals surface area contributed by atoms with Gasteiger partial charge in [-0.2, -0.15) is 0 Å². The van der Waals surface area contributed by atoms with Gasteiger partial charge < -0.3 is 5.32 Å². The molecule has 2 aliphatic rings. The van der Waals surface area contributed by atoms with Gasteiger partial charge in [-0.25, -0.2) is 4.90 Å². The van der Waals surface area contributed by atoms with Gasteiger partial charge in [0.15, 0.2) is 0 Å². The Kier molecular flexibility index (Phi) is 4.75. The number of carbonyl (C=O) groups is 3. The van der Waals surface area contributed by atoms with E-state index in [2.05, 4.69) is 5.32 Å². The molecule has 1 N–H and O–H groups in total. The smallest absolute Gasteiger partial charge is 0.266 e. The number of anilines is 1. The summed E-state index contributed by atoms with van der Waals surface area (Å²) in [4.78, 5) is 39.7. The van der Waals surface area contributed by atoms with Crippen LogP contribution in [0.5, 0.6) is 0 Å². The Bertz CT molecular complexity index is 974. The van der Waals surface area contributed by atoms with Crippen molar-refractivity contribution in [1.29, 1.82) is 0 Å². The van der Waals surface area contributed by atoms with E-state index in [1.54, 1.807) is 24.3 Å². The highest BCUT2D eigenvalue weighted by Crippen LogP contribution is 2.32. The van der Waals surface area contributed by atoms with Crippen LogP contribution in [-0.4, -0.2) is 23.8 Å². The van der Waals surface area contributed by atoms with Crippen molar-refractivity contribution in [3.05, 3.63) is 64.2 Å². The molecular weight excluding hydrogens is 352 g/mol. The number of hydrogen-bond acceptors (Lipinski definition) is 3. The fraction of sp³-hybridized carbons (Fsp3) is 0.348. The summed E-state index contributed by atoms with van der Waals surface area (Å²) in [6.07, 6.45) is 5.47. The maximum atomic E-state index is 13.0. The maximum absolute atomic E-state index is 13.0. The number of benzene rings is 2. The lowest BCUT2D eigenvalue weighted by Crippen LogP contribution is -2.36. The molecule has 0 atom stereocenters. The Labute approximate surface area is 164 Å². The Morgan fingerprint density at radius 1 is 0.964 bits per heavy atom. The average Bonchev–Trinajstić information content (AvgIpc) is 2.95. The largest absolute Gasteiger partial charge is 0.349 e. The van der Waals surface area contributed by atoms with Gasteiger partial charge in [0.25, 0.3) is 17.7 Å². The second kappa shape index (κ2) is 7.23. The Morgan fingerprint density at radius 3 is 2.43 bits per heavy atom. The molecule has 0 radical (unpaired) electrons. The predicted molar refractivity (Wildman–Crippen MR) is 108 cm³/mol. The van der Waals surface area contributed by atoms with Crippen molar-refractivity contribution in [2.45, 2.75) is 52.0 Å². The van der Waals surface area contributed by atoms with Gasteiger partial charge in [-0.15, -0.1) is 0 Å². The van der Waals surface area contributed by atoms with Crippen LogP contribution in [0, 0.1) is 13.8 Å². The van der Waals surface area contributed by atoms with E-state index in [0.29, 0.717) is 22.4 Å². The van der Waals surface area contributed by atoms with Crippen LogP contribution in [0.4, 0.5) is 5.69 Å². The number of imide groups is 1. The summed E-state index contributed by atoms with van der Waals surface area (Å²) in [7, 11) is 0. The van der Waals surface area contributed by atoms with Crippen LogP contribution in [0.1, 0.15) is 74.3 Å². The predicted octanol–water partition coefficient (Wildman–Crippen LogP) is 4.17. The molecule has 5 heteroatoms. The summed E-state index contributed by atoms with van der Waals surface area (Å²) in [6, 6.07) is 10.5. The first kappa shape index (κ1) is 18.4. The second-order valence-corrected chi connectivity index (χ2v) is 7.73. The third-order valence-electron chi connectivity index (χ3n) is 5.91. The second-order valence-electron chi connectivity index (χ2n) is 7.73. The SMILES string of the molecule is Cc1cccc(N2C(=O)c3ccc(C(=O)NC4CCCCC4)cc3C2=O)c1C. The van der Waals surface area contributed by atoms with Crippen LogP contribution >= 0.6 is 0 Å². The van der Waals surface area contributed by atoms with Crippen molar-refractivity contribution in [1.82, 2.24) is 5.32 Å². The van der Waals surface area contributed by atoms with Gasteiger partial charge in [0.05, 0.1) is 16.8 Å². The van der Waals surface area contributed by atoms with Crippen LogP contribution in [0.15, 0.2) is 36.4 Å². The van der Waals surface area contributed by atoms with E-state index in [4.69, 9.17) is 0 Å². The molecule has 5 nitrogen and oxygen atoms in total. The van der Waals surface area contributed by atoms with Crippen LogP contribution in [0.2, 0.25) is 0 Å². The summed E-state index contributed by atoms with van der Waals surface area (Å²) < 4.78 is 0. The van der Waals surface area contributed by atoms with E-state index in [9.17, 15) is 14.4 Å². The Balaban J connectivity index is 1.62. The first-order valence-electron chi connectivity index (χ1n) is 9.87. The van der Waals surface area contributed by atoms with Crippen molar-refractivity contribution in [2.75, 3.05) is 4.90 Å². The van der Waals surface area contributed by atoms with Crippen LogP contribution in [0.25, 0.3) is 0 Å². The summed E-state index contributed by atoms with van der Waals surface area (Å²) in [6.45, 7) is 3.85. The molecule has 144 valence electrons. The normalized spacial score (nSPS) is 17.0. The van der Waals surface area contributed by atoms with Crippen LogP contribution in [0.3, 0.4) is 0 Å². The summed E-state index contributed by atoms with van der Waals surface area (Å²) in [5.74, 6) is -0.894. The molecule has 0 spiro atoms. The summed E-state index contributed by atoms with van der Waals surface area (Å²) >= 11 is 0. The number of amides is 3. The topological polar surface area (TPSA) is 66.5 Å². The van der Waals surface area contributed by atoms with Gasteiger partial charge in [0.2, 0.25) is 0 Å². The third kappa shape index (κ3) is 3.11. The number of hydrogen-bond donors (Lipinski definition) is 1. The molecule has 1 aliphatic carbocycles. The van der Waals surface area contributed by atoms with Gasteiger partial charge >= 0.3 is 0 Å². The van der Waals surface area contributed by atoms with E-state index in [0.717, 1.165) is 36.8 Å². The minimum Gasteiger partial charge on any atom is -0.349 e. The molecule has 0 bridgehead atoms. The number of nitrogens with one attached hydrogen (secondary N) is 1. The zero-order chi connectivity index (χ0) is 19.8. The fourth-order valence-corrected chi connectivity index (χ4v) is 4.09. The van der Waals surface area contributed by atoms with Crippen molar-refractivity contribution in [2.24, 2.45) is 0 Å². The van der Waals surface area contributed by atoms with Crippen LogP contribution in [-0.2, 0) is 0 Å². The average molecular weight is 376 g/mol. The quantitative estimate of drug-likeness (QED) is 0.818. The van der Waals surface area contributed by atoms with Crippen molar-refractivity contribution >= 4 is 23.4 Å². The molecule has 2 aromatic rings. The number of aryl methyl sites for hydroxylation is 1. The number of carbonyl (C=O) groups excluding carboxylic acids is 3. The third-order valence-corrected chi connectivity index (χ3v) is 5.91. The number of fused-ring (bicyclic) bond motifs is 1. The van der Waals surface area contributed by atoms with Crippen molar-refractivity contribution in [3.8, 4) is 0 Å². The van der Waals surface area contributed by atoms with E-state index in [1.165, 1.54) is 11.3 Å². The van der Waals surface area contributed by atoms with Gasteiger partial charge in [-0.3, -0.25) is 14.4 Å². The molecule has 4 rings (SSSR count). The van der Waals surface area contributed by atoms with Crippen LogP contribution < -0.4 is 10.2 Å². The van der Waals surface area contributed by atoms with E-state index >= 15 is 0 Å². The minimum absolute atomic E-state index is 0.180. The van der Waals surface area contributed by atoms with Gasteiger partial charge in [-0.05, 0) is 62.1 Å². The monoisotopic (exact) mass is 376 g/mol. The minimum atomic E-state index is -0.374. The molecule has 0 aromatic heterocycles. The molecule has 0 unspecified atom stereocenters. The molecule has 3 amide bonds. The Morgan fingerprint density at radius 2 is 1.68 bits per heavy atom. The molecule has 0 saturated heterocycles. The number of nitrogens with zero attached hydrogens (tertiary/aromatic N) is 1. The lowest BCUT2D eigenvalue weighted by molar-refractivity contribution is 0.0918. The standard InChI is InChI=1S/C23H24N2O3/c1-14-7-6-10-20(15(14)2)25-22(27)18-12-11-16(13-19(18)23(25)28)21(26)24-17-8-4-3-5-9-17/h6-7,10-13,17H,3-5,8-9H2,1-2H3,(H,24,26). The molecule has 2 aromatic carbocycles. The Hall–Kier alpha value is -2.95. The highest BCUT2D eigenvalue weighted by Gasteiger charge is 2.38. The van der Waals surface area contributed by atoms with Crippen molar-refractivity contribution < 1.29 is 14.4 Å². The van der Waals surface area contributed by atoms with Crippen molar-refractivity contribution in [3.63, 3.8) is 0 Å². The zero-order valence-electron chi connectivity index (χ0n) is 16.2. The number of rotatable bonds is 3. The highest BCUT2D eigenvalue weighted by atomic mass is 16.2. The summed E-state index contributed by atoms with van der Waals surface area (Å²) in [5, 5.41) is 3.06. The van der Waals surface area contributed by atoms with E-state index in [1.807, 2.05) is 26.0 Å². The molecule has 1 aliphatic heterocycles. The fourth-order valence-electron chi connectivity index (χ4n) is 4.09. The van der Waals surface area contributed by atoms with E-state index in [-0.39, 0.29) is 23.8 Å². The first-order chi connectivity index (χ1) is 13.5. The maximum Gasteiger partial charge on any atom is 0.266 e. The molecule has 1 fully saturated rings. The molecule has 28 heavy (non-hydrogen) atoms. The summed E-state index contributed by atoms with van der Waals surface area (Å²) in [5.41, 5.74) is 3.57. The lowest BCUT2D eigenvalue weighted by atomic mass is 9.95. The first-order valence-corrected chi connectivity index (χ1v) is 9.87. The van der Waals surface area contributed by atoms with Gasteiger partial charge in [0, 0.05) is 11.6 Å².